The molecular formula is C15H15Cl2NO2S. The van der Waals surface area contributed by atoms with Gasteiger partial charge in [-0.05, 0) is 35.7 Å². The number of hydrogen-bond donors (Lipinski definition) is 1. The molecule has 0 heterocycles. The van der Waals surface area contributed by atoms with Crippen molar-refractivity contribution in [2.24, 2.45) is 5.73 Å². The maximum atomic E-state index is 11.6. The van der Waals surface area contributed by atoms with Crippen molar-refractivity contribution in [3.63, 3.8) is 0 Å². The Morgan fingerprint density at radius 2 is 1.81 bits per heavy atom. The largest absolute Gasteiger partial charge is 0.324 e. The first-order chi connectivity index (χ1) is 9.79. The third-order valence-electron chi connectivity index (χ3n) is 3.19. The molecule has 1 atom stereocenters. The van der Waals surface area contributed by atoms with Crippen molar-refractivity contribution in [3.8, 4) is 0 Å². The molecule has 6 heteroatoms. The van der Waals surface area contributed by atoms with Gasteiger partial charge in [0, 0.05) is 12.3 Å². The highest BCUT2D eigenvalue weighted by molar-refractivity contribution is 7.90. The van der Waals surface area contributed by atoms with E-state index in [-0.39, 0.29) is 10.9 Å². The molecule has 2 rings (SSSR count). The summed E-state index contributed by atoms with van der Waals surface area (Å²) >= 11 is 12.1. The summed E-state index contributed by atoms with van der Waals surface area (Å²) in [7, 11) is -3.25. The van der Waals surface area contributed by atoms with E-state index in [1.165, 1.54) is 6.26 Å². The van der Waals surface area contributed by atoms with Gasteiger partial charge < -0.3 is 5.73 Å². The van der Waals surface area contributed by atoms with Crippen LogP contribution in [0.3, 0.4) is 0 Å². The second-order valence-electron chi connectivity index (χ2n) is 4.87. The molecule has 0 aliphatic carbocycles. The molecule has 0 spiro atoms. The van der Waals surface area contributed by atoms with Crippen LogP contribution in [0.15, 0.2) is 47.4 Å². The Labute approximate surface area is 134 Å². The first-order valence-corrected chi connectivity index (χ1v) is 8.92. The van der Waals surface area contributed by atoms with Crippen LogP contribution in [0.1, 0.15) is 17.2 Å². The highest BCUT2D eigenvalue weighted by Crippen LogP contribution is 2.29. The van der Waals surface area contributed by atoms with E-state index in [4.69, 9.17) is 28.9 Å². The summed E-state index contributed by atoms with van der Waals surface area (Å²) in [4.78, 5) is 0.257. The van der Waals surface area contributed by atoms with E-state index in [1.807, 2.05) is 12.1 Å². The van der Waals surface area contributed by atoms with E-state index in [2.05, 4.69) is 0 Å². The Morgan fingerprint density at radius 1 is 1.14 bits per heavy atom. The highest BCUT2D eigenvalue weighted by Gasteiger charge is 2.14. The molecule has 0 amide bonds. The number of nitrogens with two attached hydrogens (primary N) is 1. The number of benzene rings is 2. The van der Waals surface area contributed by atoms with Gasteiger partial charge in [0.2, 0.25) is 0 Å². The Kier molecular flexibility index (Phi) is 4.94. The minimum Gasteiger partial charge on any atom is -0.324 e. The fourth-order valence-electron chi connectivity index (χ4n) is 2.04. The summed E-state index contributed by atoms with van der Waals surface area (Å²) in [6.07, 6.45) is 1.65. The smallest absolute Gasteiger partial charge is 0.175 e. The first kappa shape index (κ1) is 16.3. The average molecular weight is 344 g/mol. The van der Waals surface area contributed by atoms with E-state index in [9.17, 15) is 8.42 Å². The fourth-order valence-corrected chi connectivity index (χ4v) is 3.11. The topological polar surface area (TPSA) is 60.2 Å². The van der Waals surface area contributed by atoms with Gasteiger partial charge in [0.15, 0.2) is 9.84 Å². The lowest BCUT2D eigenvalue weighted by atomic mass is 10.00. The normalized spacial score (nSPS) is 13.1. The van der Waals surface area contributed by atoms with Crippen molar-refractivity contribution in [3.05, 3.63) is 63.6 Å². The Morgan fingerprint density at radius 3 is 2.48 bits per heavy atom. The molecule has 3 nitrogen and oxygen atoms in total. The molecule has 0 aliphatic rings. The van der Waals surface area contributed by atoms with Crippen LogP contribution in [0.2, 0.25) is 10.0 Å². The Balaban J connectivity index is 2.29. The van der Waals surface area contributed by atoms with Gasteiger partial charge in [-0.15, -0.1) is 0 Å². The van der Waals surface area contributed by atoms with E-state index in [0.717, 1.165) is 11.1 Å². The molecule has 0 aliphatic heterocycles. The Hall–Kier alpha value is -1.07. The van der Waals surface area contributed by atoms with Crippen molar-refractivity contribution in [1.29, 1.82) is 0 Å². The zero-order valence-corrected chi connectivity index (χ0v) is 13.7. The van der Waals surface area contributed by atoms with Gasteiger partial charge in [0.25, 0.3) is 0 Å². The summed E-state index contributed by atoms with van der Waals surface area (Å²) < 4.78 is 23.2. The second kappa shape index (κ2) is 6.36. The molecule has 0 radical (unpaired) electrons. The standard InChI is InChI=1S/C15H15Cl2NO2S/c1-21(19,20)12-6-2-4-10(8-12)14(18)9-11-5-3-7-13(16)15(11)17/h2-8,14H,9,18H2,1H3. The van der Waals surface area contributed by atoms with E-state index >= 15 is 0 Å². The molecule has 0 saturated carbocycles. The van der Waals surface area contributed by atoms with E-state index in [1.54, 1.807) is 30.3 Å². The number of hydrogen-bond acceptors (Lipinski definition) is 3. The zero-order valence-electron chi connectivity index (χ0n) is 11.4. The minimum atomic E-state index is -3.25. The molecule has 0 saturated heterocycles. The van der Waals surface area contributed by atoms with Crippen molar-refractivity contribution in [2.45, 2.75) is 17.4 Å². The fraction of sp³-hybridized carbons (Fsp3) is 0.200. The SMILES string of the molecule is CS(=O)(=O)c1cccc(C(N)Cc2cccc(Cl)c2Cl)c1. The van der Waals surface area contributed by atoms with Crippen molar-refractivity contribution >= 4 is 33.0 Å². The predicted octanol–water partition coefficient (Wildman–Crippen LogP) is 3.64. The lowest BCUT2D eigenvalue weighted by Crippen LogP contribution is -2.14. The van der Waals surface area contributed by atoms with E-state index in [0.29, 0.717) is 16.5 Å². The second-order valence-corrected chi connectivity index (χ2v) is 7.67. The maximum absolute atomic E-state index is 11.6. The van der Waals surface area contributed by atoms with Crippen molar-refractivity contribution in [2.75, 3.05) is 6.26 Å². The van der Waals surface area contributed by atoms with Crippen LogP contribution in [-0.2, 0) is 16.3 Å². The van der Waals surface area contributed by atoms with Crippen LogP contribution in [0.4, 0.5) is 0 Å². The summed E-state index contributed by atoms with van der Waals surface area (Å²) in [6.45, 7) is 0. The van der Waals surface area contributed by atoms with Crippen LogP contribution in [0.25, 0.3) is 0 Å². The lowest BCUT2D eigenvalue weighted by Gasteiger charge is -2.14. The van der Waals surface area contributed by atoms with Gasteiger partial charge >= 0.3 is 0 Å². The van der Waals surface area contributed by atoms with Crippen LogP contribution >= 0.6 is 23.2 Å². The number of rotatable bonds is 4. The van der Waals surface area contributed by atoms with Gasteiger partial charge in [-0.25, -0.2) is 8.42 Å². The monoisotopic (exact) mass is 343 g/mol. The quantitative estimate of drug-likeness (QED) is 0.921. The number of sulfone groups is 1. The van der Waals surface area contributed by atoms with Gasteiger partial charge in [-0.1, -0.05) is 47.5 Å². The average Bonchev–Trinajstić information content (AvgIpc) is 2.43. The highest BCUT2D eigenvalue weighted by atomic mass is 35.5. The molecule has 1 unspecified atom stereocenters. The number of halogens is 2. The zero-order chi connectivity index (χ0) is 15.6. The molecule has 112 valence electrons. The molecule has 0 fully saturated rings. The lowest BCUT2D eigenvalue weighted by molar-refractivity contribution is 0.601. The summed E-state index contributed by atoms with van der Waals surface area (Å²) in [5.41, 5.74) is 7.74. The van der Waals surface area contributed by atoms with Crippen LogP contribution in [0.5, 0.6) is 0 Å². The van der Waals surface area contributed by atoms with Crippen LogP contribution in [-0.4, -0.2) is 14.7 Å². The molecule has 2 N–H and O–H groups in total. The Bertz CT molecular complexity index is 760. The van der Waals surface area contributed by atoms with Gasteiger partial charge in [-0.3, -0.25) is 0 Å². The first-order valence-electron chi connectivity index (χ1n) is 6.27. The molecule has 0 bridgehead atoms. The minimum absolute atomic E-state index is 0.257. The summed E-state index contributed by atoms with van der Waals surface area (Å²) in [5.74, 6) is 0. The van der Waals surface area contributed by atoms with Crippen LogP contribution < -0.4 is 5.73 Å². The molecule has 21 heavy (non-hydrogen) atoms. The van der Waals surface area contributed by atoms with Gasteiger partial charge in [0.05, 0.1) is 14.9 Å². The molecule has 2 aromatic carbocycles. The van der Waals surface area contributed by atoms with Gasteiger partial charge in [0.1, 0.15) is 0 Å². The summed E-state index contributed by atoms with van der Waals surface area (Å²) in [6, 6.07) is 11.7. The third kappa shape index (κ3) is 3.98. The third-order valence-corrected chi connectivity index (χ3v) is 5.15. The maximum Gasteiger partial charge on any atom is 0.175 e. The summed E-state index contributed by atoms with van der Waals surface area (Å²) in [5, 5.41) is 0.958. The molecular weight excluding hydrogens is 329 g/mol. The van der Waals surface area contributed by atoms with E-state index < -0.39 is 9.84 Å². The van der Waals surface area contributed by atoms with Crippen molar-refractivity contribution in [1.82, 2.24) is 0 Å². The predicted molar refractivity (Wildman–Crippen MR) is 86.6 cm³/mol. The van der Waals surface area contributed by atoms with Crippen LogP contribution in [0, 0.1) is 0 Å². The van der Waals surface area contributed by atoms with Crippen molar-refractivity contribution < 1.29 is 8.42 Å². The molecule has 0 aromatic heterocycles. The van der Waals surface area contributed by atoms with Gasteiger partial charge in [-0.2, -0.15) is 0 Å². The molecule has 2 aromatic rings.